The van der Waals surface area contributed by atoms with Crippen LogP contribution in [0.5, 0.6) is 11.5 Å². The molecule has 6 heteroatoms. The van der Waals surface area contributed by atoms with Gasteiger partial charge in [-0.2, -0.15) is 0 Å². The molecule has 0 aromatic heterocycles. The van der Waals surface area contributed by atoms with Gasteiger partial charge in [-0.3, -0.25) is 9.59 Å². The molecule has 0 saturated carbocycles. The van der Waals surface area contributed by atoms with E-state index in [0.29, 0.717) is 17.9 Å². The van der Waals surface area contributed by atoms with Crippen molar-refractivity contribution in [1.29, 1.82) is 0 Å². The third-order valence-corrected chi connectivity index (χ3v) is 7.37. The molecule has 4 rings (SSSR count). The topological polar surface area (TPSA) is 76.1 Å². The molecule has 0 spiro atoms. The molecule has 210 valence electrons. The van der Waals surface area contributed by atoms with Crippen LogP contribution in [0, 0.1) is 0 Å². The summed E-state index contributed by atoms with van der Waals surface area (Å²) >= 11 is 0. The first-order chi connectivity index (χ1) is 19.0. The molecule has 3 aromatic rings. The molecule has 0 aliphatic carbocycles. The summed E-state index contributed by atoms with van der Waals surface area (Å²) < 4.78 is 11.3. The van der Waals surface area contributed by atoms with Crippen LogP contribution < -0.4 is 9.47 Å². The van der Waals surface area contributed by atoms with E-state index in [9.17, 15) is 14.7 Å². The van der Waals surface area contributed by atoms with Crippen LogP contribution in [0.2, 0.25) is 0 Å². The molecule has 1 saturated heterocycles. The van der Waals surface area contributed by atoms with Gasteiger partial charge in [0.2, 0.25) is 0 Å². The van der Waals surface area contributed by atoms with Gasteiger partial charge < -0.3 is 19.5 Å². The second kappa shape index (κ2) is 11.6. The van der Waals surface area contributed by atoms with E-state index in [0.717, 1.165) is 28.0 Å². The van der Waals surface area contributed by atoms with Gasteiger partial charge in [-0.1, -0.05) is 77.1 Å². The van der Waals surface area contributed by atoms with Gasteiger partial charge in [-0.15, -0.1) is 0 Å². The van der Waals surface area contributed by atoms with E-state index in [1.165, 1.54) is 4.90 Å². The maximum Gasteiger partial charge on any atom is 0.295 e. The Hall–Kier alpha value is -4.06. The number of aliphatic hydroxyl groups excluding tert-OH is 1. The van der Waals surface area contributed by atoms with E-state index in [1.807, 2.05) is 81.4 Å². The van der Waals surface area contributed by atoms with Crippen molar-refractivity contribution >= 4 is 17.4 Å². The Labute approximate surface area is 237 Å². The van der Waals surface area contributed by atoms with Gasteiger partial charge in [0.25, 0.3) is 11.7 Å². The monoisotopic (exact) mass is 541 g/mol. The minimum atomic E-state index is -0.770. The minimum Gasteiger partial charge on any atom is -0.507 e. The lowest BCUT2D eigenvalue weighted by atomic mass is 9.85. The van der Waals surface area contributed by atoms with Crippen LogP contribution in [0.15, 0.2) is 72.3 Å². The molecular weight excluding hydrogens is 502 g/mol. The molecule has 1 atom stereocenters. The number of likely N-dealkylation sites (tertiary alicyclic amines) is 1. The normalized spacial score (nSPS) is 17.0. The number of amides is 1. The van der Waals surface area contributed by atoms with Crippen molar-refractivity contribution in [3.63, 3.8) is 0 Å². The third-order valence-electron chi connectivity index (χ3n) is 7.37. The van der Waals surface area contributed by atoms with E-state index in [-0.39, 0.29) is 29.2 Å². The number of para-hydroxylation sites is 1. The van der Waals surface area contributed by atoms with Crippen LogP contribution in [0.1, 0.15) is 81.3 Å². The van der Waals surface area contributed by atoms with Crippen molar-refractivity contribution in [3.8, 4) is 11.5 Å². The molecule has 3 aromatic carbocycles. The van der Waals surface area contributed by atoms with Crippen molar-refractivity contribution in [1.82, 2.24) is 4.90 Å². The molecule has 1 amide bonds. The van der Waals surface area contributed by atoms with Gasteiger partial charge in [0, 0.05) is 11.1 Å². The molecule has 6 nitrogen and oxygen atoms in total. The molecule has 1 aliphatic rings. The van der Waals surface area contributed by atoms with Crippen molar-refractivity contribution in [2.75, 3.05) is 13.7 Å². The summed E-state index contributed by atoms with van der Waals surface area (Å²) in [6.07, 6.45) is 0. The number of benzene rings is 3. The van der Waals surface area contributed by atoms with Crippen LogP contribution in [0.4, 0.5) is 0 Å². The summed E-state index contributed by atoms with van der Waals surface area (Å²) in [5.74, 6) is -0.0809. The average molecular weight is 542 g/mol. The smallest absolute Gasteiger partial charge is 0.295 e. The highest BCUT2D eigenvalue weighted by Gasteiger charge is 2.46. The van der Waals surface area contributed by atoms with Crippen LogP contribution in [-0.4, -0.2) is 35.4 Å². The van der Waals surface area contributed by atoms with Gasteiger partial charge in [-0.25, -0.2) is 0 Å². The summed E-state index contributed by atoms with van der Waals surface area (Å²) in [6, 6.07) is 20.0. The third kappa shape index (κ3) is 5.62. The maximum atomic E-state index is 13.6. The summed E-state index contributed by atoms with van der Waals surface area (Å²) in [4.78, 5) is 28.7. The number of aliphatic hydroxyl groups is 1. The minimum absolute atomic E-state index is 0.0622. The molecule has 40 heavy (non-hydrogen) atoms. The quantitative estimate of drug-likeness (QED) is 0.186. The standard InChI is InChI=1S/C34H39NO5/c1-8-40-28-18-15-23(19-26(28)21(2)3)31(36)29-30(22-13-16-25(17-14-22)34(4,5)6)35(33(38)32(29)37)20-24-11-9-10-12-27(24)39-7/h9-19,21,30,36H,8,20H2,1-7H3/b31-29-. The fourth-order valence-electron chi connectivity index (χ4n) is 5.16. The molecule has 0 bridgehead atoms. The molecular formula is C34H39NO5. The van der Waals surface area contributed by atoms with Crippen LogP contribution >= 0.6 is 0 Å². The SMILES string of the molecule is CCOc1ccc(/C(O)=C2/C(=O)C(=O)N(Cc3ccccc3OC)C2c2ccc(C(C)(C)C)cc2)cc1C(C)C. The average Bonchev–Trinajstić information content (AvgIpc) is 3.17. The fourth-order valence-corrected chi connectivity index (χ4v) is 5.16. The highest BCUT2D eigenvalue weighted by Crippen LogP contribution is 2.42. The predicted molar refractivity (Wildman–Crippen MR) is 158 cm³/mol. The first kappa shape index (κ1) is 28.9. The molecule has 1 heterocycles. The highest BCUT2D eigenvalue weighted by atomic mass is 16.5. The Morgan fingerprint density at radius 2 is 1.65 bits per heavy atom. The zero-order valence-corrected chi connectivity index (χ0v) is 24.4. The zero-order valence-electron chi connectivity index (χ0n) is 24.4. The van der Waals surface area contributed by atoms with E-state index in [2.05, 4.69) is 20.8 Å². The van der Waals surface area contributed by atoms with Crippen molar-refractivity contribution in [2.45, 2.75) is 65.5 Å². The van der Waals surface area contributed by atoms with Crippen molar-refractivity contribution < 1.29 is 24.2 Å². The largest absolute Gasteiger partial charge is 0.507 e. The first-order valence-corrected chi connectivity index (χ1v) is 13.8. The Bertz CT molecular complexity index is 1430. The van der Waals surface area contributed by atoms with Crippen molar-refractivity contribution in [2.24, 2.45) is 0 Å². The Morgan fingerprint density at radius 3 is 2.25 bits per heavy atom. The maximum absolute atomic E-state index is 13.6. The lowest BCUT2D eigenvalue weighted by Crippen LogP contribution is -2.29. The van der Waals surface area contributed by atoms with Crippen molar-refractivity contribution in [3.05, 3.63) is 100 Å². The first-order valence-electron chi connectivity index (χ1n) is 13.8. The summed E-state index contributed by atoms with van der Waals surface area (Å²) in [5.41, 5.74) is 4.05. The van der Waals surface area contributed by atoms with Gasteiger partial charge in [0.15, 0.2) is 0 Å². The summed E-state index contributed by atoms with van der Waals surface area (Å²) in [6.45, 7) is 13.1. The van der Waals surface area contributed by atoms with Crippen LogP contribution in [0.25, 0.3) is 5.76 Å². The predicted octanol–water partition coefficient (Wildman–Crippen LogP) is 7.14. The number of methoxy groups -OCH3 is 1. The number of Topliss-reactive ketones (excluding diaryl/α,β-unsaturated/α-hetero) is 1. The van der Waals surface area contributed by atoms with Gasteiger partial charge in [0.05, 0.1) is 31.9 Å². The van der Waals surface area contributed by atoms with E-state index in [1.54, 1.807) is 13.2 Å². The number of carbonyl (C=O) groups is 2. The number of hydrogen-bond donors (Lipinski definition) is 1. The summed E-state index contributed by atoms with van der Waals surface area (Å²) in [7, 11) is 1.58. The van der Waals surface area contributed by atoms with E-state index in [4.69, 9.17) is 9.47 Å². The zero-order chi connectivity index (χ0) is 29.2. The lowest BCUT2D eigenvalue weighted by Gasteiger charge is -2.27. The highest BCUT2D eigenvalue weighted by molar-refractivity contribution is 6.46. The lowest BCUT2D eigenvalue weighted by molar-refractivity contribution is -0.140. The second-order valence-electron chi connectivity index (χ2n) is 11.5. The summed E-state index contributed by atoms with van der Waals surface area (Å²) in [5, 5.41) is 11.7. The van der Waals surface area contributed by atoms with Gasteiger partial charge >= 0.3 is 0 Å². The van der Waals surface area contributed by atoms with Gasteiger partial charge in [-0.05, 0) is 59.2 Å². The molecule has 1 aliphatic heterocycles. The second-order valence-corrected chi connectivity index (χ2v) is 11.5. The Morgan fingerprint density at radius 1 is 0.975 bits per heavy atom. The molecule has 1 N–H and O–H groups in total. The van der Waals surface area contributed by atoms with E-state index < -0.39 is 17.7 Å². The van der Waals surface area contributed by atoms with E-state index >= 15 is 0 Å². The fraction of sp³-hybridized carbons (Fsp3) is 0.353. The number of ketones is 1. The Kier molecular flexibility index (Phi) is 8.38. The number of hydrogen-bond acceptors (Lipinski definition) is 5. The number of nitrogens with zero attached hydrogens (tertiary/aromatic N) is 1. The molecule has 1 fully saturated rings. The van der Waals surface area contributed by atoms with Crippen LogP contribution in [-0.2, 0) is 21.5 Å². The molecule has 0 radical (unpaired) electrons. The number of rotatable bonds is 8. The van der Waals surface area contributed by atoms with Gasteiger partial charge in [0.1, 0.15) is 17.3 Å². The number of ether oxygens (including phenoxy) is 2. The Balaban J connectivity index is 1.89. The van der Waals surface area contributed by atoms with Crippen LogP contribution in [0.3, 0.4) is 0 Å². The molecule has 1 unspecified atom stereocenters. The number of carbonyl (C=O) groups excluding carboxylic acids is 2.